The molecule has 0 amide bonds. The zero-order chi connectivity index (χ0) is 14.0. The molecule has 19 heavy (non-hydrogen) atoms. The normalized spacial score (nSPS) is 21.5. The van der Waals surface area contributed by atoms with Gasteiger partial charge in [-0.05, 0) is 38.8 Å². The van der Waals surface area contributed by atoms with E-state index in [1.165, 1.54) is 0 Å². The minimum Gasteiger partial charge on any atom is -0.508 e. The van der Waals surface area contributed by atoms with E-state index >= 15 is 0 Å². The van der Waals surface area contributed by atoms with Crippen molar-refractivity contribution in [3.63, 3.8) is 0 Å². The van der Waals surface area contributed by atoms with Crippen molar-refractivity contribution in [2.45, 2.75) is 32.7 Å². The third-order valence-corrected chi connectivity index (χ3v) is 3.96. The van der Waals surface area contributed by atoms with Gasteiger partial charge in [-0.3, -0.25) is 9.69 Å². The molecule has 0 bridgehead atoms. The van der Waals surface area contributed by atoms with Crippen LogP contribution in [-0.2, 0) is 4.79 Å². The fourth-order valence-electron chi connectivity index (χ4n) is 2.83. The van der Waals surface area contributed by atoms with Crippen LogP contribution in [0, 0.1) is 12.8 Å². The molecule has 0 aliphatic carbocycles. The summed E-state index contributed by atoms with van der Waals surface area (Å²) in [6.07, 6.45) is 1.16. The fourth-order valence-corrected chi connectivity index (χ4v) is 2.83. The first kappa shape index (κ1) is 13.9. The van der Waals surface area contributed by atoms with E-state index in [-0.39, 0.29) is 18.4 Å². The molecule has 1 aliphatic rings. The zero-order valence-corrected chi connectivity index (χ0v) is 11.5. The molecule has 104 valence electrons. The average molecular weight is 263 g/mol. The van der Waals surface area contributed by atoms with Gasteiger partial charge >= 0.3 is 5.97 Å². The van der Waals surface area contributed by atoms with E-state index in [4.69, 9.17) is 5.11 Å². The molecule has 0 radical (unpaired) electrons. The van der Waals surface area contributed by atoms with Crippen LogP contribution in [0.2, 0.25) is 0 Å². The summed E-state index contributed by atoms with van der Waals surface area (Å²) >= 11 is 0. The highest BCUT2D eigenvalue weighted by molar-refractivity contribution is 5.67. The first-order valence-electron chi connectivity index (χ1n) is 6.72. The monoisotopic (exact) mass is 263 g/mol. The SMILES string of the molecule is Cc1ccc(O)c(C(C)N2CCC(CC(=O)O)C2)c1. The number of aliphatic carboxylic acids is 1. The third kappa shape index (κ3) is 3.26. The summed E-state index contributed by atoms with van der Waals surface area (Å²) in [5.74, 6) is -0.176. The summed E-state index contributed by atoms with van der Waals surface area (Å²) < 4.78 is 0. The standard InChI is InChI=1S/C15H21NO3/c1-10-3-4-14(17)13(7-10)11(2)16-6-5-12(9-16)8-15(18)19/h3-4,7,11-12,17H,5-6,8-9H2,1-2H3,(H,18,19). The minimum absolute atomic E-state index is 0.124. The first-order chi connectivity index (χ1) is 8.97. The Morgan fingerprint density at radius 3 is 2.95 bits per heavy atom. The van der Waals surface area contributed by atoms with Crippen molar-refractivity contribution < 1.29 is 15.0 Å². The smallest absolute Gasteiger partial charge is 0.303 e. The molecule has 2 rings (SSSR count). The number of aromatic hydroxyl groups is 1. The molecule has 2 N–H and O–H groups in total. The molecule has 1 saturated heterocycles. The van der Waals surface area contributed by atoms with Gasteiger partial charge in [-0.15, -0.1) is 0 Å². The van der Waals surface area contributed by atoms with Crippen LogP contribution in [0.25, 0.3) is 0 Å². The Kier molecular flexibility index (Phi) is 4.10. The lowest BCUT2D eigenvalue weighted by molar-refractivity contribution is -0.138. The van der Waals surface area contributed by atoms with Crippen molar-refractivity contribution in [1.29, 1.82) is 0 Å². The molecular weight excluding hydrogens is 242 g/mol. The van der Waals surface area contributed by atoms with Crippen LogP contribution >= 0.6 is 0 Å². The van der Waals surface area contributed by atoms with E-state index in [1.807, 2.05) is 19.1 Å². The fraction of sp³-hybridized carbons (Fsp3) is 0.533. The van der Waals surface area contributed by atoms with Crippen molar-refractivity contribution in [3.05, 3.63) is 29.3 Å². The highest BCUT2D eigenvalue weighted by Crippen LogP contribution is 2.33. The number of hydrogen-bond donors (Lipinski definition) is 2. The summed E-state index contributed by atoms with van der Waals surface area (Å²) in [6.45, 7) is 5.76. The van der Waals surface area contributed by atoms with Gasteiger partial charge in [0.2, 0.25) is 0 Å². The summed E-state index contributed by atoms with van der Waals surface area (Å²) in [4.78, 5) is 13.0. The number of rotatable bonds is 4. The molecule has 1 aromatic rings. The van der Waals surface area contributed by atoms with Gasteiger partial charge in [-0.25, -0.2) is 0 Å². The first-order valence-corrected chi connectivity index (χ1v) is 6.72. The maximum absolute atomic E-state index is 10.7. The number of hydrogen-bond acceptors (Lipinski definition) is 3. The number of carboxylic acids is 1. The molecule has 2 unspecified atom stereocenters. The number of phenolic OH excluding ortho intramolecular Hbond substituents is 1. The Bertz CT molecular complexity index is 472. The highest BCUT2D eigenvalue weighted by Gasteiger charge is 2.29. The van der Waals surface area contributed by atoms with Gasteiger partial charge < -0.3 is 10.2 Å². The van der Waals surface area contributed by atoms with E-state index in [1.54, 1.807) is 6.07 Å². The average Bonchev–Trinajstić information content (AvgIpc) is 2.79. The van der Waals surface area contributed by atoms with Crippen LogP contribution in [0.3, 0.4) is 0 Å². The number of carbonyl (C=O) groups is 1. The molecule has 1 aliphatic heterocycles. The summed E-state index contributed by atoms with van der Waals surface area (Å²) in [5, 5.41) is 18.8. The lowest BCUT2D eigenvalue weighted by Gasteiger charge is -2.25. The summed E-state index contributed by atoms with van der Waals surface area (Å²) in [6, 6.07) is 5.75. The maximum atomic E-state index is 10.7. The number of nitrogens with zero attached hydrogens (tertiary/aromatic N) is 1. The highest BCUT2D eigenvalue weighted by atomic mass is 16.4. The minimum atomic E-state index is -0.724. The molecule has 0 aromatic heterocycles. The number of benzene rings is 1. The number of likely N-dealkylation sites (tertiary alicyclic amines) is 1. The molecule has 1 heterocycles. The van der Waals surface area contributed by atoms with Gasteiger partial charge in [-0.1, -0.05) is 17.7 Å². The van der Waals surface area contributed by atoms with Gasteiger partial charge in [0.15, 0.2) is 0 Å². The topological polar surface area (TPSA) is 60.8 Å². The van der Waals surface area contributed by atoms with E-state index in [0.29, 0.717) is 5.75 Å². The van der Waals surface area contributed by atoms with Crippen LogP contribution in [0.1, 0.15) is 36.9 Å². The van der Waals surface area contributed by atoms with Crippen molar-refractivity contribution in [2.24, 2.45) is 5.92 Å². The Morgan fingerprint density at radius 2 is 2.26 bits per heavy atom. The van der Waals surface area contributed by atoms with Gasteiger partial charge in [0.05, 0.1) is 0 Å². The largest absolute Gasteiger partial charge is 0.508 e. The molecule has 4 nitrogen and oxygen atoms in total. The summed E-state index contributed by atoms with van der Waals surface area (Å²) in [5.41, 5.74) is 2.05. The zero-order valence-electron chi connectivity index (χ0n) is 11.5. The Labute approximate surface area is 113 Å². The number of carboxylic acid groups (broad SMARTS) is 1. The van der Waals surface area contributed by atoms with Gasteiger partial charge in [0.1, 0.15) is 5.75 Å². The molecule has 1 fully saturated rings. The van der Waals surface area contributed by atoms with Gasteiger partial charge in [-0.2, -0.15) is 0 Å². The van der Waals surface area contributed by atoms with E-state index in [0.717, 1.165) is 30.6 Å². The predicted molar refractivity (Wildman–Crippen MR) is 73.2 cm³/mol. The van der Waals surface area contributed by atoms with E-state index in [9.17, 15) is 9.90 Å². The second kappa shape index (κ2) is 5.61. The molecule has 0 saturated carbocycles. The van der Waals surface area contributed by atoms with Crippen molar-refractivity contribution in [1.82, 2.24) is 4.90 Å². The maximum Gasteiger partial charge on any atom is 0.303 e. The van der Waals surface area contributed by atoms with Gasteiger partial charge in [0, 0.05) is 24.6 Å². The quantitative estimate of drug-likeness (QED) is 0.876. The Morgan fingerprint density at radius 1 is 1.53 bits per heavy atom. The lowest BCUT2D eigenvalue weighted by atomic mass is 10.0. The number of aryl methyl sites for hydroxylation is 1. The Hall–Kier alpha value is -1.55. The van der Waals surface area contributed by atoms with Crippen LogP contribution < -0.4 is 0 Å². The molecule has 0 spiro atoms. The second-order valence-electron chi connectivity index (χ2n) is 5.49. The predicted octanol–water partition coefficient (Wildman–Crippen LogP) is 2.56. The van der Waals surface area contributed by atoms with E-state index < -0.39 is 5.97 Å². The lowest BCUT2D eigenvalue weighted by Crippen LogP contribution is -2.25. The van der Waals surface area contributed by atoms with Crippen LogP contribution in [0.5, 0.6) is 5.75 Å². The van der Waals surface area contributed by atoms with Gasteiger partial charge in [0.25, 0.3) is 0 Å². The van der Waals surface area contributed by atoms with Crippen LogP contribution in [0.4, 0.5) is 0 Å². The molecule has 2 atom stereocenters. The second-order valence-corrected chi connectivity index (χ2v) is 5.49. The molecule has 4 heteroatoms. The van der Waals surface area contributed by atoms with Crippen molar-refractivity contribution in [2.75, 3.05) is 13.1 Å². The van der Waals surface area contributed by atoms with Crippen molar-refractivity contribution in [3.8, 4) is 5.75 Å². The van der Waals surface area contributed by atoms with Crippen LogP contribution in [0.15, 0.2) is 18.2 Å². The third-order valence-electron chi connectivity index (χ3n) is 3.96. The van der Waals surface area contributed by atoms with E-state index in [2.05, 4.69) is 11.8 Å². The van der Waals surface area contributed by atoms with Crippen molar-refractivity contribution >= 4 is 5.97 Å². The summed E-state index contributed by atoms with van der Waals surface area (Å²) in [7, 11) is 0. The van der Waals surface area contributed by atoms with Crippen LogP contribution in [-0.4, -0.2) is 34.2 Å². The number of phenols is 1. The molecule has 1 aromatic carbocycles. The molecular formula is C15H21NO3. The Balaban J connectivity index is 2.06.